The number of carboxylic acids is 1. The van der Waals surface area contributed by atoms with Crippen LogP contribution in [0.15, 0.2) is 24.4 Å². The molecule has 0 spiro atoms. The number of carboxylic acid groups (broad SMARTS) is 1. The number of aryl methyl sites for hydroxylation is 1. The monoisotopic (exact) mass is 260 g/mol. The maximum absolute atomic E-state index is 11.1. The van der Waals surface area contributed by atoms with Gasteiger partial charge in [0.05, 0.1) is 0 Å². The molecule has 1 heterocycles. The van der Waals surface area contributed by atoms with Gasteiger partial charge in [0, 0.05) is 30.4 Å². The van der Waals surface area contributed by atoms with Gasteiger partial charge in [-0.25, -0.2) is 4.79 Å². The van der Waals surface area contributed by atoms with Crippen molar-refractivity contribution in [2.24, 2.45) is 0 Å². The zero-order valence-electron chi connectivity index (χ0n) is 10.9. The normalized spacial score (nSPS) is 12.3. The van der Waals surface area contributed by atoms with Gasteiger partial charge in [-0.1, -0.05) is 18.2 Å². The Labute approximate surface area is 110 Å². The van der Waals surface area contributed by atoms with Crippen molar-refractivity contribution in [3.63, 3.8) is 0 Å². The van der Waals surface area contributed by atoms with Crippen molar-refractivity contribution in [1.29, 1.82) is 0 Å². The molecule has 0 saturated carbocycles. The molecule has 0 fully saturated rings. The first-order chi connectivity index (χ1) is 8.99. The average Bonchev–Trinajstić information content (AvgIpc) is 2.72. The number of hydrogen-bond donors (Lipinski definition) is 3. The van der Waals surface area contributed by atoms with E-state index in [4.69, 9.17) is 5.11 Å². The predicted octanol–water partition coefficient (Wildman–Crippen LogP) is 1.61. The average molecular weight is 260 g/mol. The van der Waals surface area contributed by atoms with Crippen molar-refractivity contribution in [2.75, 3.05) is 0 Å². The Morgan fingerprint density at radius 2 is 2.16 bits per heavy atom. The van der Waals surface area contributed by atoms with E-state index in [0.717, 1.165) is 22.0 Å². The number of amides is 1. The highest BCUT2D eigenvalue weighted by atomic mass is 16.4. The van der Waals surface area contributed by atoms with Crippen LogP contribution in [0.1, 0.15) is 18.1 Å². The van der Waals surface area contributed by atoms with E-state index < -0.39 is 12.0 Å². The largest absolute Gasteiger partial charge is 0.480 e. The van der Waals surface area contributed by atoms with Gasteiger partial charge < -0.3 is 15.4 Å². The molecule has 5 nitrogen and oxygen atoms in total. The van der Waals surface area contributed by atoms with Crippen LogP contribution in [-0.4, -0.2) is 28.0 Å². The molecular formula is C14H16N2O3. The van der Waals surface area contributed by atoms with E-state index in [1.165, 1.54) is 6.92 Å². The number of rotatable bonds is 4. The minimum absolute atomic E-state index is 0.262. The number of para-hydroxylation sites is 1. The molecule has 0 unspecified atom stereocenters. The molecule has 0 radical (unpaired) electrons. The Morgan fingerprint density at radius 1 is 1.42 bits per heavy atom. The van der Waals surface area contributed by atoms with Crippen LogP contribution in [0.3, 0.4) is 0 Å². The first-order valence-electron chi connectivity index (χ1n) is 6.04. The lowest BCUT2D eigenvalue weighted by Crippen LogP contribution is -2.41. The predicted molar refractivity (Wildman–Crippen MR) is 72.0 cm³/mol. The highest BCUT2D eigenvalue weighted by Crippen LogP contribution is 2.22. The molecule has 1 aromatic carbocycles. The van der Waals surface area contributed by atoms with Crippen molar-refractivity contribution in [1.82, 2.24) is 10.3 Å². The van der Waals surface area contributed by atoms with Crippen LogP contribution in [-0.2, 0) is 16.0 Å². The zero-order chi connectivity index (χ0) is 14.0. The summed E-state index contributed by atoms with van der Waals surface area (Å²) in [6, 6.07) is 4.96. The molecule has 2 aromatic rings. The van der Waals surface area contributed by atoms with Crippen LogP contribution in [0.25, 0.3) is 10.9 Å². The molecule has 1 amide bonds. The molecule has 0 aliphatic rings. The summed E-state index contributed by atoms with van der Waals surface area (Å²) < 4.78 is 0. The molecule has 0 aliphatic carbocycles. The van der Waals surface area contributed by atoms with Gasteiger partial charge in [0.1, 0.15) is 6.04 Å². The van der Waals surface area contributed by atoms with E-state index >= 15 is 0 Å². The number of aromatic nitrogens is 1. The minimum atomic E-state index is -1.03. The SMILES string of the molecule is CC(=O)N[C@@H](Cc1c[nH]c2c(C)cccc12)C(=O)O. The number of carbonyl (C=O) groups excluding carboxylic acids is 1. The molecule has 100 valence electrons. The fourth-order valence-electron chi connectivity index (χ4n) is 2.20. The number of benzene rings is 1. The molecule has 5 heteroatoms. The first-order valence-corrected chi connectivity index (χ1v) is 6.04. The molecule has 0 bridgehead atoms. The fraction of sp³-hybridized carbons (Fsp3) is 0.286. The van der Waals surface area contributed by atoms with E-state index in [9.17, 15) is 9.59 Å². The van der Waals surface area contributed by atoms with Crippen LogP contribution in [0, 0.1) is 6.92 Å². The summed E-state index contributed by atoms with van der Waals surface area (Å²) in [4.78, 5) is 25.3. The summed E-state index contributed by atoms with van der Waals surface area (Å²) in [5.41, 5.74) is 3.00. The van der Waals surface area contributed by atoms with Gasteiger partial charge >= 0.3 is 5.97 Å². The molecular weight excluding hydrogens is 244 g/mol. The number of aliphatic carboxylic acids is 1. The Bertz CT molecular complexity index is 631. The zero-order valence-corrected chi connectivity index (χ0v) is 10.9. The second-order valence-corrected chi connectivity index (χ2v) is 4.61. The topological polar surface area (TPSA) is 82.2 Å². The summed E-state index contributed by atoms with van der Waals surface area (Å²) in [5, 5.41) is 12.6. The number of fused-ring (bicyclic) bond motifs is 1. The lowest BCUT2D eigenvalue weighted by Gasteiger charge is -2.12. The molecule has 0 aliphatic heterocycles. The molecule has 1 aromatic heterocycles. The van der Waals surface area contributed by atoms with Gasteiger partial charge in [0.15, 0.2) is 0 Å². The van der Waals surface area contributed by atoms with Crippen LogP contribution in [0.5, 0.6) is 0 Å². The number of nitrogens with one attached hydrogen (secondary N) is 2. The maximum Gasteiger partial charge on any atom is 0.326 e. The van der Waals surface area contributed by atoms with Gasteiger partial charge in [-0.3, -0.25) is 4.79 Å². The third-order valence-corrected chi connectivity index (χ3v) is 3.11. The highest BCUT2D eigenvalue weighted by molar-refractivity contribution is 5.87. The van der Waals surface area contributed by atoms with Gasteiger partial charge in [-0.15, -0.1) is 0 Å². The smallest absolute Gasteiger partial charge is 0.326 e. The molecule has 1 atom stereocenters. The first kappa shape index (κ1) is 13.1. The summed E-state index contributed by atoms with van der Waals surface area (Å²) in [6.45, 7) is 3.31. The van der Waals surface area contributed by atoms with E-state index in [1.807, 2.05) is 25.1 Å². The fourth-order valence-corrected chi connectivity index (χ4v) is 2.20. The molecule has 3 N–H and O–H groups in total. The third kappa shape index (κ3) is 2.76. The number of aromatic amines is 1. The molecule has 0 saturated heterocycles. The van der Waals surface area contributed by atoms with Crippen molar-refractivity contribution < 1.29 is 14.7 Å². The summed E-state index contributed by atoms with van der Waals surface area (Å²) in [5.74, 6) is -1.37. The number of hydrogen-bond acceptors (Lipinski definition) is 2. The van der Waals surface area contributed by atoms with Crippen molar-refractivity contribution >= 4 is 22.8 Å². The van der Waals surface area contributed by atoms with Gasteiger partial charge in [-0.2, -0.15) is 0 Å². The summed E-state index contributed by atoms with van der Waals surface area (Å²) in [6.07, 6.45) is 2.06. The lowest BCUT2D eigenvalue weighted by molar-refractivity contribution is -0.141. The Morgan fingerprint density at radius 3 is 2.79 bits per heavy atom. The van der Waals surface area contributed by atoms with E-state index in [0.29, 0.717) is 0 Å². The Hall–Kier alpha value is -2.30. The number of H-pyrrole nitrogens is 1. The second kappa shape index (κ2) is 5.14. The Balaban J connectivity index is 2.31. The molecule has 2 rings (SSSR count). The number of carbonyl (C=O) groups is 2. The van der Waals surface area contributed by atoms with Crippen LogP contribution >= 0.6 is 0 Å². The van der Waals surface area contributed by atoms with Crippen LogP contribution in [0.4, 0.5) is 0 Å². The highest BCUT2D eigenvalue weighted by Gasteiger charge is 2.20. The van der Waals surface area contributed by atoms with Gasteiger partial charge in [0.2, 0.25) is 5.91 Å². The lowest BCUT2D eigenvalue weighted by atomic mass is 10.0. The summed E-state index contributed by atoms with van der Waals surface area (Å²) >= 11 is 0. The quantitative estimate of drug-likeness (QED) is 0.781. The van der Waals surface area contributed by atoms with Crippen molar-refractivity contribution in [2.45, 2.75) is 26.3 Å². The van der Waals surface area contributed by atoms with Gasteiger partial charge in [-0.05, 0) is 18.1 Å². The maximum atomic E-state index is 11.1. The molecule has 19 heavy (non-hydrogen) atoms. The van der Waals surface area contributed by atoms with Gasteiger partial charge in [0.25, 0.3) is 0 Å². The third-order valence-electron chi connectivity index (χ3n) is 3.11. The van der Waals surface area contributed by atoms with Crippen molar-refractivity contribution in [3.8, 4) is 0 Å². The van der Waals surface area contributed by atoms with Crippen LogP contribution < -0.4 is 5.32 Å². The Kier molecular flexibility index (Phi) is 3.55. The van der Waals surface area contributed by atoms with Crippen molar-refractivity contribution in [3.05, 3.63) is 35.5 Å². The second-order valence-electron chi connectivity index (χ2n) is 4.61. The van der Waals surface area contributed by atoms with E-state index in [1.54, 1.807) is 6.20 Å². The standard InChI is InChI=1S/C14H16N2O3/c1-8-4-3-5-11-10(7-15-13(8)11)6-12(14(18)19)16-9(2)17/h3-5,7,12,15H,6H2,1-2H3,(H,16,17)(H,18,19)/t12-/m0/s1. The van der Waals surface area contributed by atoms with Crippen LogP contribution in [0.2, 0.25) is 0 Å². The van der Waals surface area contributed by atoms with E-state index in [-0.39, 0.29) is 12.3 Å². The van der Waals surface area contributed by atoms with E-state index in [2.05, 4.69) is 10.3 Å². The minimum Gasteiger partial charge on any atom is -0.480 e. The summed E-state index contributed by atoms with van der Waals surface area (Å²) in [7, 11) is 0.